The Morgan fingerprint density at radius 3 is 2.96 bits per heavy atom. The second-order valence-electron chi connectivity index (χ2n) is 5.04. The van der Waals surface area contributed by atoms with Crippen LogP contribution < -0.4 is 10.1 Å². The van der Waals surface area contributed by atoms with Gasteiger partial charge in [-0.05, 0) is 38.1 Å². The van der Waals surface area contributed by atoms with Gasteiger partial charge in [0.2, 0.25) is 0 Å². The number of hydrogen-bond acceptors (Lipinski definition) is 5. The molecule has 1 aromatic carbocycles. The predicted molar refractivity (Wildman–Crippen MR) is 85.2 cm³/mol. The van der Waals surface area contributed by atoms with E-state index in [1.807, 2.05) is 19.9 Å². The first-order valence-corrected chi connectivity index (χ1v) is 7.34. The summed E-state index contributed by atoms with van der Waals surface area (Å²) in [4.78, 5) is 27.7. The maximum atomic E-state index is 12.3. The highest BCUT2D eigenvalue weighted by atomic mass is 16.5. The molecule has 2 heterocycles. The highest BCUT2D eigenvalue weighted by Gasteiger charge is 2.09. The fraction of sp³-hybridized carbons (Fsp3) is 0.250. The summed E-state index contributed by atoms with van der Waals surface area (Å²) >= 11 is 0. The molecule has 0 bridgehead atoms. The zero-order valence-corrected chi connectivity index (χ0v) is 13.0. The van der Waals surface area contributed by atoms with Crippen LogP contribution >= 0.6 is 0 Å². The first kappa shape index (κ1) is 15.0. The number of nitrogens with zero attached hydrogens (tertiary/aromatic N) is 3. The third-order valence-corrected chi connectivity index (χ3v) is 3.29. The molecule has 23 heavy (non-hydrogen) atoms. The number of nitrogens with one attached hydrogen (secondary N) is 2. The summed E-state index contributed by atoms with van der Waals surface area (Å²) in [7, 11) is 0. The van der Waals surface area contributed by atoms with E-state index in [2.05, 4.69) is 25.3 Å². The molecule has 7 heteroatoms. The van der Waals surface area contributed by atoms with E-state index >= 15 is 0 Å². The molecule has 0 atom stereocenters. The van der Waals surface area contributed by atoms with Crippen molar-refractivity contribution in [1.29, 1.82) is 0 Å². The van der Waals surface area contributed by atoms with Crippen LogP contribution in [0, 0.1) is 6.92 Å². The second-order valence-corrected chi connectivity index (χ2v) is 5.04. The van der Waals surface area contributed by atoms with Crippen molar-refractivity contribution < 1.29 is 9.53 Å². The number of fused-ring (bicyclic) bond motifs is 1. The molecule has 0 unspecified atom stereocenters. The van der Waals surface area contributed by atoms with Crippen molar-refractivity contribution in [3.8, 4) is 6.01 Å². The van der Waals surface area contributed by atoms with Gasteiger partial charge in [-0.2, -0.15) is 4.98 Å². The van der Waals surface area contributed by atoms with E-state index in [4.69, 9.17) is 4.74 Å². The lowest BCUT2D eigenvalue weighted by molar-refractivity contribution is 0.0950. The van der Waals surface area contributed by atoms with Crippen molar-refractivity contribution in [2.24, 2.45) is 0 Å². The van der Waals surface area contributed by atoms with Gasteiger partial charge in [-0.25, -0.2) is 9.97 Å². The lowest BCUT2D eigenvalue weighted by atomic mass is 10.2. The van der Waals surface area contributed by atoms with Crippen molar-refractivity contribution in [1.82, 2.24) is 25.3 Å². The molecule has 1 amide bonds. The molecule has 118 valence electrons. The number of benzene rings is 1. The predicted octanol–water partition coefficient (Wildman–Crippen LogP) is 1.99. The fourth-order valence-electron chi connectivity index (χ4n) is 2.21. The lowest BCUT2D eigenvalue weighted by Gasteiger charge is -2.05. The van der Waals surface area contributed by atoms with Gasteiger partial charge in [-0.3, -0.25) is 4.79 Å². The number of hydrogen-bond donors (Lipinski definition) is 2. The van der Waals surface area contributed by atoms with Crippen molar-refractivity contribution in [3.05, 3.63) is 47.5 Å². The summed E-state index contributed by atoms with van der Waals surface area (Å²) in [6, 6.07) is 7.58. The highest BCUT2D eigenvalue weighted by molar-refractivity contribution is 5.97. The Hall–Kier alpha value is -2.96. The van der Waals surface area contributed by atoms with Gasteiger partial charge in [0.1, 0.15) is 6.33 Å². The number of imidazole rings is 1. The molecule has 0 spiro atoms. The van der Waals surface area contributed by atoms with Crippen LogP contribution in [-0.4, -0.2) is 32.4 Å². The number of carbonyl (C=O) groups excluding carboxylic acids is 1. The third kappa shape index (κ3) is 3.45. The summed E-state index contributed by atoms with van der Waals surface area (Å²) in [6.45, 7) is 4.66. The third-order valence-electron chi connectivity index (χ3n) is 3.29. The van der Waals surface area contributed by atoms with E-state index in [9.17, 15) is 4.79 Å². The van der Waals surface area contributed by atoms with Crippen molar-refractivity contribution in [3.63, 3.8) is 0 Å². The fourth-order valence-corrected chi connectivity index (χ4v) is 2.21. The Morgan fingerprint density at radius 1 is 1.30 bits per heavy atom. The minimum Gasteiger partial charge on any atom is -0.465 e. The maximum Gasteiger partial charge on any atom is 0.294 e. The minimum atomic E-state index is -0.171. The summed E-state index contributed by atoms with van der Waals surface area (Å²) < 4.78 is 5.33. The molecule has 0 aliphatic rings. The molecule has 3 rings (SSSR count). The summed E-state index contributed by atoms with van der Waals surface area (Å²) in [5.41, 5.74) is 3.71. The van der Waals surface area contributed by atoms with Gasteiger partial charge in [-0.1, -0.05) is 0 Å². The summed E-state index contributed by atoms with van der Waals surface area (Å²) in [6.07, 6.45) is 1.49. The Labute approximate surface area is 133 Å². The SMILES string of the molecule is CCOc1nc2ccc(C(=O)NCc3cc(C)ncn3)cc2[nH]1. The first-order chi connectivity index (χ1) is 11.2. The van der Waals surface area contributed by atoms with Gasteiger partial charge in [0, 0.05) is 11.3 Å². The lowest BCUT2D eigenvalue weighted by Crippen LogP contribution is -2.23. The first-order valence-electron chi connectivity index (χ1n) is 7.34. The quantitative estimate of drug-likeness (QED) is 0.751. The zero-order valence-electron chi connectivity index (χ0n) is 13.0. The van der Waals surface area contributed by atoms with Crippen LogP contribution in [0.15, 0.2) is 30.6 Å². The molecular weight excluding hydrogens is 294 g/mol. The van der Waals surface area contributed by atoms with Crippen molar-refractivity contribution in [2.45, 2.75) is 20.4 Å². The second kappa shape index (κ2) is 6.43. The topological polar surface area (TPSA) is 92.8 Å². The van der Waals surface area contributed by atoms with Gasteiger partial charge < -0.3 is 15.0 Å². The van der Waals surface area contributed by atoms with Crippen molar-refractivity contribution in [2.75, 3.05) is 6.61 Å². The number of rotatable bonds is 5. The monoisotopic (exact) mass is 311 g/mol. The van der Waals surface area contributed by atoms with Crippen LogP contribution in [0.5, 0.6) is 6.01 Å². The van der Waals surface area contributed by atoms with E-state index in [0.29, 0.717) is 24.7 Å². The molecule has 2 N–H and O–H groups in total. The summed E-state index contributed by atoms with van der Waals surface area (Å²) in [5, 5.41) is 2.84. The maximum absolute atomic E-state index is 12.3. The minimum absolute atomic E-state index is 0.171. The molecule has 0 fully saturated rings. The number of carbonyl (C=O) groups is 1. The Kier molecular flexibility index (Phi) is 4.18. The van der Waals surface area contributed by atoms with E-state index in [-0.39, 0.29) is 5.91 Å². The zero-order chi connectivity index (χ0) is 16.2. The molecule has 0 saturated carbocycles. The molecule has 0 saturated heterocycles. The van der Waals surface area contributed by atoms with Gasteiger partial charge in [0.25, 0.3) is 11.9 Å². The average molecular weight is 311 g/mol. The Balaban J connectivity index is 1.72. The van der Waals surface area contributed by atoms with Crippen LogP contribution in [0.25, 0.3) is 11.0 Å². The standard InChI is InChI=1S/C16H17N5O2/c1-3-23-16-20-13-5-4-11(7-14(13)21-16)15(22)17-8-12-6-10(2)18-9-19-12/h4-7,9H,3,8H2,1-2H3,(H,17,22)(H,20,21). The van der Waals surface area contributed by atoms with Gasteiger partial charge in [-0.15, -0.1) is 0 Å². The van der Waals surface area contributed by atoms with Crippen LogP contribution in [0.2, 0.25) is 0 Å². The number of ether oxygens (including phenoxy) is 1. The van der Waals surface area contributed by atoms with E-state index in [1.54, 1.807) is 18.2 Å². The molecular formula is C16H17N5O2. The largest absolute Gasteiger partial charge is 0.465 e. The number of aryl methyl sites for hydroxylation is 1. The Morgan fingerprint density at radius 2 is 2.17 bits per heavy atom. The van der Waals surface area contributed by atoms with Crippen molar-refractivity contribution >= 4 is 16.9 Å². The molecule has 0 aliphatic carbocycles. The van der Waals surface area contributed by atoms with Crippen LogP contribution in [0.3, 0.4) is 0 Å². The van der Waals surface area contributed by atoms with Crippen LogP contribution in [0.4, 0.5) is 0 Å². The highest BCUT2D eigenvalue weighted by Crippen LogP contribution is 2.17. The number of aromatic amines is 1. The summed E-state index contributed by atoms with van der Waals surface area (Å²) in [5.74, 6) is -0.171. The average Bonchev–Trinajstić information content (AvgIpc) is 2.94. The number of aromatic nitrogens is 4. The molecule has 0 aliphatic heterocycles. The van der Waals surface area contributed by atoms with E-state index < -0.39 is 0 Å². The van der Waals surface area contributed by atoms with E-state index in [0.717, 1.165) is 22.4 Å². The Bertz CT molecular complexity index is 843. The van der Waals surface area contributed by atoms with Gasteiger partial charge in [0.05, 0.1) is 29.9 Å². The smallest absolute Gasteiger partial charge is 0.294 e. The number of H-pyrrole nitrogens is 1. The van der Waals surface area contributed by atoms with Gasteiger partial charge in [0.15, 0.2) is 0 Å². The van der Waals surface area contributed by atoms with Crippen LogP contribution in [0.1, 0.15) is 28.7 Å². The molecule has 7 nitrogen and oxygen atoms in total. The molecule has 3 aromatic rings. The molecule has 0 radical (unpaired) electrons. The van der Waals surface area contributed by atoms with Gasteiger partial charge >= 0.3 is 0 Å². The van der Waals surface area contributed by atoms with Crippen LogP contribution in [-0.2, 0) is 6.54 Å². The molecule has 2 aromatic heterocycles. The van der Waals surface area contributed by atoms with E-state index in [1.165, 1.54) is 6.33 Å². The normalized spacial score (nSPS) is 10.7. The number of amides is 1.